The molecule has 9 heteroatoms. The maximum atomic E-state index is 12.6. The molecule has 32 heavy (non-hydrogen) atoms. The van der Waals surface area contributed by atoms with Gasteiger partial charge in [-0.2, -0.15) is 0 Å². The highest BCUT2D eigenvalue weighted by atomic mass is 16.5. The second kappa shape index (κ2) is 12.6. The Kier molecular flexibility index (Phi) is 10.2. The predicted octanol–water partition coefficient (Wildman–Crippen LogP) is 2.45. The second-order valence-corrected chi connectivity index (χ2v) is 9.14. The lowest BCUT2D eigenvalue weighted by Gasteiger charge is -2.12. The van der Waals surface area contributed by atoms with Crippen LogP contribution in [0.5, 0.6) is 0 Å². The number of imidazole rings is 1. The first-order valence-corrected chi connectivity index (χ1v) is 11.8. The van der Waals surface area contributed by atoms with Crippen molar-refractivity contribution in [2.75, 3.05) is 19.8 Å². The van der Waals surface area contributed by atoms with E-state index in [1.165, 1.54) is 4.57 Å². The van der Waals surface area contributed by atoms with E-state index in [1.54, 1.807) is 0 Å². The molecule has 0 aromatic carbocycles. The third-order valence-corrected chi connectivity index (χ3v) is 5.06. The Morgan fingerprint density at radius 1 is 1.12 bits per heavy atom. The molecule has 0 unspecified atom stereocenters. The summed E-state index contributed by atoms with van der Waals surface area (Å²) in [5, 5.41) is 2.92. The number of hydrogen-bond donors (Lipinski definition) is 2. The summed E-state index contributed by atoms with van der Waals surface area (Å²) in [7, 11) is 0. The van der Waals surface area contributed by atoms with Crippen LogP contribution in [0.15, 0.2) is 9.59 Å². The number of aromatic nitrogens is 4. The van der Waals surface area contributed by atoms with Gasteiger partial charge in [0.1, 0.15) is 5.82 Å². The van der Waals surface area contributed by atoms with Crippen LogP contribution >= 0.6 is 0 Å². The monoisotopic (exact) mass is 449 g/mol. The molecule has 0 radical (unpaired) electrons. The fraction of sp³-hybridized carbons (Fsp3) is 0.739. The van der Waals surface area contributed by atoms with Gasteiger partial charge in [-0.15, -0.1) is 0 Å². The molecule has 2 aromatic rings. The number of carbonyl (C=O) groups is 1. The molecule has 0 saturated carbocycles. The summed E-state index contributed by atoms with van der Waals surface area (Å²) in [6, 6.07) is 0. The van der Waals surface area contributed by atoms with Gasteiger partial charge in [0.05, 0.1) is 0 Å². The third-order valence-electron chi connectivity index (χ3n) is 5.06. The lowest BCUT2D eigenvalue weighted by molar-refractivity contribution is -0.121. The topological polar surface area (TPSA) is 111 Å². The van der Waals surface area contributed by atoms with E-state index in [4.69, 9.17) is 4.74 Å². The number of amides is 1. The number of nitrogens with one attached hydrogen (secondary N) is 2. The summed E-state index contributed by atoms with van der Waals surface area (Å²) in [5.74, 6) is 1.38. The van der Waals surface area contributed by atoms with Crippen LogP contribution in [-0.2, 0) is 29.0 Å². The van der Waals surface area contributed by atoms with Crippen LogP contribution in [0, 0.1) is 11.8 Å². The molecule has 180 valence electrons. The van der Waals surface area contributed by atoms with Gasteiger partial charge >= 0.3 is 5.69 Å². The standard InChI is InChI=1S/C23H39N5O4/c1-6-7-12-27-21-20(22(30)26-23(27)31)28(14-16(2)3)18(25-21)9-10-19(29)24-11-8-13-32-15-17(4)5/h16-17H,6-15H2,1-5H3,(H,24,29)(H,26,30,31). The Morgan fingerprint density at radius 3 is 2.53 bits per heavy atom. The number of nitrogens with zero attached hydrogens (tertiary/aromatic N) is 3. The van der Waals surface area contributed by atoms with Crippen molar-refractivity contribution in [1.82, 2.24) is 24.4 Å². The molecular formula is C23H39N5O4. The molecule has 0 aliphatic heterocycles. The van der Waals surface area contributed by atoms with Crippen molar-refractivity contribution in [3.8, 4) is 0 Å². The molecule has 0 spiro atoms. The van der Waals surface area contributed by atoms with Crippen molar-refractivity contribution in [2.45, 2.75) is 79.8 Å². The zero-order valence-corrected chi connectivity index (χ0v) is 20.2. The van der Waals surface area contributed by atoms with Crippen LogP contribution in [0.2, 0.25) is 0 Å². The van der Waals surface area contributed by atoms with Gasteiger partial charge in [-0.3, -0.25) is 19.1 Å². The molecule has 0 saturated heterocycles. The van der Waals surface area contributed by atoms with E-state index in [0.717, 1.165) is 25.9 Å². The fourth-order valence-corrected chi connectivity index (χ4v) is 3.53. The fourth-order valence-electron chi connectivity index (χ4n) is 3.53. The van der Waals surface area contributed by atoms with E-state index >= 15 is 0 Å². The number of aryl methyl sites for hydroxylation is 2. The number of rotatable bonds is 14. The smallest absolute Gasteiger partial charge is 0.330 e. The van der Waals surface area contributed by atoms with Crippen LogP contribution in [0.1, 0.15) is 66.1 Å². The van der Waals surface area contributed by atoms with Crippen molar-refractivity contribution >= 4 is 17.1 Å². The number of unbranched alkanes of at least 4 members (excludes halogenated alkanes) is 1. The zero-order valence-electron chi connectivity index (χ0n) is 20.2. The van der Waals surface area contributed by atoms with Crippen LogP contribution in [0.25, 0.3) is 11.2 Å². The number of aromatic amines is 1. The van der Waals surface area contributed by atoms with Crippen molar-refractivity contribution in [1.29, 1.82) is 0 Å². The number of H-pyrrole nitrogens is 1. The maximum Gasteiger partial charge on any atom is 0.330 e. The average Bonchev–Trinajstić information content (AvgIpc) is 3.06. The van der Waals surface area contributed by atoms with Gasteiger partial charge in [0.25, 0.3) is 5.56 Å². The van der Waals surface area contributed by atoms with Crippen molar-refractivity contribution in [3.05, 3.63) is 26.7 Å². The van der Waals surface area contributed by atoms with Gasteiger partial charge in [0.15, 0.2) is 11.2 Å². The molecule has 0 aliphatic carbocycles. The van der Waals surface area contributed by atoms with E-state index in [1.807, 2.05) is 11.5 Å². The molecule has 2 aromatic heterocycles. The summed E-state index contributed by atoms with van der Waals surface area (Å²) in [6.45, 7) is 13.4. The average molecular weight is 450 g/mol. The molecule has 1 amide bonds. The number of carbonyl (C=O) groups excluding carboxylic acids is 1. The maximum absolute atomic E-state index is 12.6. The van der Waals surface area contributed by atoms with E-state index in [0.29, 0.717) is 55.6 Å². The lowest BCUT2D eigenvalue weighted by Crippen LogP contribution is -2.31. The molecule has 0 bridgehead atoms. The third kappa shape index (κ3) is 7.32. The molecule has 0 fully saturated rings. The minimum absolute atomic E-state index is 0.0608. The summed E-state index contributed by atoms with van der Waals surface area (Å²) in [5.41, 5.74) is -0.0465. The summed E-state index contributed by atoms with van der Waals surface area (Å²) in [4.78, 5) is 44.4. The number of fused-ring (bicyclic) bond motifs is 1. The minimum atomic E-state index is -0.436. The zero-order chi connectivity index (χ0) is 23.7. The van der Waals surface area contributed by atoms with E-state index < -0.39 is 11.2 Å². The van der Waals surface area contributed by atoms with Crippen molar-refractivity contribution in [2.24, 2.45) is 11.8 Å². The van der Waals surface area contributed by atoms with Crippen LogP contribution < -0.4 is 16.6 Å². The second-order valence-electron chi connectivity index (χ2n) is 9.14. The molecule has 2 rings (SSSR count). The van der Waals surface area contributed by atoms with Gasteiger partial charge in [-0.1, -0.05) is 41.0 Å². The highest BCUT2D eigenvalue weighted by molar-refractivity contribution is 5.76. The predicted molar refractivity (Wildman–Crippen MR) is 126 cm³/mol. The normalized spacial score (nSPS) is 11.7. The number of hydrogen-bond acceptors (Lipinski definition) is 5. The van der Waals surface area contributed by atoms with Gasteiger partial charge in [-0.25, -0.2) is 9.78 Å². The van der Waals surface area contributed by atoms with E-state index in [2.05, 4.69) is 43.0 Å². The van der Waals surface area contributed by atoms with Crippen LogP contribution in [0.3, 0.4) is 0 Å². The van der Waals surface area contributed by atoms with Crippen LogP contribution in [-0.4, -0.2) is 44.8 Å². The van der Waals surface area contributed by atoms with Gasteiger partial charge < -0.3 is 14.6 Å². The van der Waals surface area contributed by atoms with E-state index in [9.17, 15) is 14.4 Å². The van der Waals surface area contributed by atoms with Gasteiger partial charge in [0, 0.05) is 45.7 Å². The first-order valence-electron chi connectivity index (χ1n) is 11.8. The first kappa shape index (κ1) is 25.8. The van der Waals surface area contributed by atoms with Gasteiger partial charge in [0.2, 0.25) is 5.91 Å². The molecule has 2 N–H and O–H groups in total. The highest BCUT2D eigenvalue weighted by Crippen LogP contribution is 2.16. The summed E-state index contributed by atoms with van der Waals surface area (Å²) in [6.07, 6.45) is 3.18. The molecule has 9 nitrogen and oxygen atoms in total. The van der Waals surface area contributed by atoms with Crippen molar-refractivity contribution in [3.63, 3.8) is 0 Å². The van der Waals surface area contributed by atoms with Crippen molar-refractivity contribution < 1.29 is 9.53 Å². The Hall–Kier alpha value is -2.42. The molecule has 2 heterocycles. The van der Waals surface area contributed by atoms with Crippen LogP contribution in [0.4, 0.5) is 0 Å². The quantitative estimate of drug-likeness (QED) is 0.430. The lowest BCUT2D eigenvalue weighted by atomic mass is 10.2. The Balaban J connectivity index is 2.13. The SMILES string of the molecule is CCCCn1c(=O)[nH]c(=O)c2c1nc(CCC(=O)NCCCOCC(C)C)n2CC(C)C. The Labute approximate surface area is 189 Å². The summed E-state index contributed by atoms with van der Waals surface area (Å²) < 4.78 is 8.94. The Morgan fingerprint density at radius 2 is 1.88 bits per heavy atom. The largest absolute Gasteiger partial charge is 0.381 e. The molecule has 0 aliphatic rings. The Bertz CT molecular complexity index is 987. The van der Waals surface area contributed by atoms with E-state index in [-0.39, 0.29) is 18.2 Å². The number of ether oxygens (including phenoxy) is 1. The first-order chi connectivity index (χ1) is 15.2. The van der Waals surface area contributed by atoms with Gasteiger partial charge in [-0.05, 0) is 24.7 Å². The summed E-state index contributed by atoms with van der Waals surface area (Å²) >= 11 is 0. The minimum Gasteiger partial charge on any atom is -0.381 e. The molecular weight excluding hydrogens is 410 g/mol. The molecule has 0 atom stereocenters. The highest BCUT2D eigenvalue weighted by Gasteiger charge is 2.19.